The first kappa shape index (κ1) is 15.7. The maximum atomic E-state index is 11.8. The van der Waals surface area contributed by atoms with Crippen LogP contribution in [0.15, 0.2) is 29.6 Å². The van der Waals surface area contributed by atoms with Crippen LogP contribution >= 0.6 is 11.3 Å². The molecular formula is C17H22N2OS. The third-order valence-corrected chi connectivity index (χ3v) is 4.10. The summed E-state index contributed by atoms with van der Waals surface area (Å²) in [6.45, 7) is 8.47. The maximum absolute atomic E-state index is 11.8. The number of rotatable bonds is 4. The van der Waals surface area contributed by atoms with E-state index in [0.717, 1.165) is 22.7 Å². The lowest BCUT2D eigenvalue weighted by Crippen LogP contribution is -2.35. The minimum atomic E-state index is -0.338. The molecule has 1 aromatic carbocycles. The second-order valence-electron chi connectivity index (χ2n) is 6.27. The fourth-order valence-corrected chi connectivity index (χ4v) is 2.75. The number of thiazole rings is 1. The van der Waals surface area contributed by atoms with Crippen molar-refractivity contribution in [1.82, 2.24) is 10.3 Å². The number of hydrogen-bond acceptors (Lipinski definition) is 3. The van der Waals surface area contributed by atoms with Crippen LogP contribution in [0.3, 0.4) is 0 Å². The Balaban J connectivity index is 1.94. The van der Waals surface area contributed by atoms with Gasteiger partial charge in [-0.1, -0.05) is 44.5 Å². The van der Waals surface area contributed by atoms with E-state index in [1.807, 2.05) is 20.8 Å². The molecule has 0 atom stereocenters. The second-order valence-corrected chi connectivity index (χ2v) is 7.13. The van der Waals surface area contributed by atoms with Gasteiger partial charge < -0.3 is 5.32 Å². The molecule has 21 heavy (non-hydrogen) atoms. The van der Waals surface area contributed by atoms with Crippen LogP contribution in [0, 0.1) is 12.3 Å². The molecule has 112 valence electrons. The first-order chi connectivity index (χ1) is 9.86. The third-order valence-electron chi connectivity index (χ3n) is 3.16. The average molecular weight is 302 g/mol. The highest BCUT2D eigenvalue weighted by atomic mass is 32.1. The Bertz CT molecular complexity index is 626. The van der Waals surface area contributed by atoms with Crippen LogP contribution in [0.5, 0.6) is 0 Å². The van der Waals surface area contributed by atoms with Gasteiger partial charge in [-0.05, 0) is 13.0 Å². The van der Waals surface area contributed by atoms with Crippen molar-refractivity contribution < 1.29 is 4.79 Å². The van der Waals surface area contributed by atoms with Crippen LogP contribution < -0.4 is 5.32 Å². The van der Waals surface area contributed by atoms with Crippen molar-refractivity contribution in [3.05, 3.63) is 40.9 Å². The Hall–Kier alpha value is -1.68. The SMILES string of the molecule is Cc1cccc(-c2nc(CCNC(=O)C(C)(C)C)cs2)c1. The number of nitrogens with one attached hydrogen (secondary N) is 1. The number of benzene rings is 1. The minimum Gasteiger partial charge on any atom is -0.355 e. The summed E-state index contributed by atoms with van der Waals surface area (Å²) < 4.78 is 0. The van der Waals surface area contributed by atoms with Crippen LogP contribution in [-0.2, 0) is 11.2 Å². The van der Waals surface area contributed by atoms with Gasteiger partial charge in [0.1, 0.15) is 5.01 Å². The van der Waals surface area contributed by atoms with Crippen LogP contribution in [0.2, 0.25) is 0 Å². The number of nitrogens with zero attached hydrogens (tertiary/aromatic N) is 1. The molecule has 1 N–H and O–H groups in total. The predicted molar refractivity (Wildman–Crippen MR) is 88.5 cm³/mol. The molecule has 0 fully saturated rings. The molecule has 1 amide bonds. The maximum Gasteiger partial charge on any atom is 0.225 e. The summed E-state index contributed by atoms with van der Waals surface area (Å²) in [5.74, 6) is 0.0802. The second kappa shape index (κ2) is 6.39. The van der Waals surface area contributed by atoms with Gasteiger partial charge in [0.25, 0.3) is 0 Å². The van der Waals surface area contributed by atoms with E-state index in [4.69, 9.17) is 0 Å². The molecule has 1 aromatic heterocycles. The molecule has 0 aliphatic carbocycles. The number of amides is 1. The Kier molecular flexibility index (Phi) is 4.78. The normalized spacial score (nSPS) is 11.4. The van der Waals surface area contributed by atoms with Gasteiger partial charge in [-0.15, -0.1) is 11.3 Å². The van der Waals surface area contributed by atoms with Gasteiger partial charge in [0.05, 0.1) is 5.69 Å². The summed E-state index contributed by atoms with van der Waals surface area (Å²) in [7, 11) is 0. The highest BCUT2D eigenvalue weighted by Gasteiger charge is 2.20. The molecule has 4 heteroatoms. The lowest BCUT2D eigenvalue weighted by atomic mass is 9.96. The van der Waals surface area contributed by atoms with Gasteiger partial charge in [0.15, 0.2) is 0 Å². The van der Waals surface area contributed by atoms with Crippen LogP contribution in [0.1, 0.15) is 32.0 Å². The van der Waals surface area contributed by atoms with Gasteiger partial charge in [-0.2, -0.15) is 0 Å². The molecular weight excluding hydrogens is 280 g/mol. The van der Waals surface area contributed by atoms with Crippen molar-refractivity contribution in [3.8, 4) is 10.6 Å². The van der Waals surface area contributed by atoms with Crippen molar-refractivity contribution in [2.75, 3.05) is 6.54 Å². The number of aryl methyl sites for hydroxylation is 1. The van der Waals surface area contributed by atoms with Crippen molar-refractivity contribution in [1.29, 1.82) is 0 Å². The predicted octanol–water partition coefficient (Wildman–Crippen LogP) is 3.82. The van der Waals surface area contributed by atoms with Gasteiger partial charge in [-0.25, -0.2) is 4.98 Å². The van der Waals surface area contributed by atoms with Crippen molar-refractivity contribution in [2.24, 2.45) is 5.41 Å². The summed E-state index contributed by atoms with van der Waals surface area (Å²) in [5.41, 5.74) is 3.09. The van der Waals surface area contributed by atoms with E-state index in [2.05, 4.69) is 46.9 Å². The smallest absolute Gasteiger partial charge is 0.225 e. The van der Waals surface area contributed by atoms with Gasteiger partial charge >= 0.3 is 0 Å². The molecule has 1 heterocycles. The highest BCUT2D eigenvalue weighted by molar-refractivity contribution is 7.13. The van der Waals surface area contributed by atoms with Gasteiger partial charge in [-0.3, -0.25) is 4.79 Å². The minimum absolute atomic E-state index is 0.0802. The Morgan fingerprint density at radius 1 is 1.33 bits per heavy atom. The first-order valence-electron chi connectivity index (χ1n) is 7.16. The summed E-state index contributed by atoms with van der Waals surface area (Å²) in [5, 5.41) is 6.06. The van der Waals surface area contributed by atoms with Crippen molar-refractivity contribution in [3.63, 3.8) is 0 Å². The fraction of sp³-hybridized carbons (Fsp3) is 0.412. The first-order valence-corrected chi connectivity index (χ1v) is 8.04. The monoisotopic (exact) mass is 302 g/mol. The third kappa shape index (κ3) is 4.39. The molecule has 0 saturated heterocycles. The molecule has 0 spiro atoms. The van der Waals surface area contributed by atoms with E-state index in [1.165, 1.54) is 5.56 Å². The number of hydrogen-bond donors (Lipinski definition) is 1. The van der Waals surface area contributed by atoms with Crippen LogP contribution in [0.4, 0.5) is 0 Å². The number of aromatic nitrogens is 1. The molecule has 0 aliphatic heterocycles. The molecule has 0 unspecified atom stereocenters. The molecule has 2 rings (SSSR count). The van der Waals surface area contributed by atoms with E-state index in [9.17, 15) is 4.79 Å². The molecule has 0 saturated carbocycles. The zero-order chi connectivity index (χ0) is 15.5. The zero-order valence-electron chi connectivity index (χ0n) is 13.1. The van der Waals surface area contributed by atoms with Gasteiger partial charge in [0.2, 0.25) is 5.91 Å². The molecule has 0 aliphatic rings. The largest absolute Gasteiger partial charge is 0.355 e. The van der Waals surface area contributed by atoms with Gasteiger partial charge in [0, 0.05) is 29.3 Å². The quantitative estimate of drug-likeness (QED) is 0.933. The topological polar surface area (TPSA) is 42.0 Å². The Morgan fingerprint density at radius 2 is 2.10 bits per heavy atom. The van der Waals surface area contributed by atoms with E-state index in [0.29, 0.717) is 6.54 Å². The van der Waals surface area contributed by atoms with E-state index < -0.39 is 0 Å². The summed E-state index contributed by atoms with van der Waals surface area (Å²) >= 11 is 1.65. The van der Waals surface area contributed by atoms with E-state index in [-0.39, 0.29) is 11.3 Å². The van der Waals surface area contributed by atoms with Crippen LogP contribution in [0.25, 0.3) is 10.6 Å². The molecule has 0 bridgehead atoms. The molecule has 2 aromatic rings. The van der Waals surface area contributed by atoms with Crippen LogP contribution in [-0.4, -0.2) is 17.4 Å². The lowest BCUT2D eigenvalue weighted by Gasteiger charge is -2.17. The summed E-state index contributed by atoms with van der Waals surface area (Å²) in [6, 6.07) is 8.36. The number of carbonyl (C=O) groups is 1. The van der Waals surface area contributed by atoms with E-state index in [1.54, 1.807) is 11.3 Å². The molecule has 0 radical (unpaired) electrons. The number of carbonyl (C=O) groups excluding carboxylic acids is 1. The fourth-order valence-electron chi connectivity index (χ4n) is 1.90. The summed E-state index contributed by atoms with van der Waals surface area (Å²) in [4.78, 5) is 16.4. The summed E-state index contributed by atoms with van der Waals surface area (Å²) in [6.07, 6.45) is 0.768. The highest BCUT2D eigenvalue weighted by Crippen LogP contribution is 2.24. The lowest BCUT2D eigenvalue weighted by molar-refractivity contribution is -0.128. The van der Waals surface area contributed by atoms with E-state index >= 15 is 0 Å². The van der Waals surface area contributed by atoms with Crippen molar-refractivity contribution in [2.45, 2.75) is 34.1 Å². The Labute approximate surface area is 130 Å². The zero-order valence-corrected chi connectivity index (χ0v) is 13.9. The average Bonchev–Trinajstić information content (AvgIpc) is 2.86. The van der Waals surface area contributed by atoms with Crippen molar-refractivity contribution >= 4 is 17.2 Å². The molecule has 3 nitrogen and oxygen atoms in total. The Morgan fingerprint density at radius 3 is 2.76 bits per heavy atom. The standard InChI is InChI=1S/C17H22N2OS/c1-12-6-5-7-13(10-12)15-19-14(11-21-15)8-9-18-16(20)17(2,3)4/h5-7,10-11H,8-9H2,1-4H3,(H,18,20).